The number of para-hydroxylation sites is 2. The fourth-order valence-corrected chi connectivity index (χ4v) is 3.25. The third kappa shape index (κ3) is 4.20. The number of anilines is 3. The summed E-state index contributed by atoms with van der Waals surface area (Å²) in [5, 5.41) is 9.47. The smallest absolute Gasteiger partial charge is 0.256 e. The highest BCUT2D eigenvalue weighted by atomic mass is 16.2. The molecule has 0 spiro atoms. The van der Waals surface area contributed by atoms with Gasteiger partial charge in [0.05, 0.1) is 22.3 Å². The van der Waals surface area contributed by atoms with Crippen molar-refractivity contribution in [2.45, 2.75) is 6.92 Å². The Labute approximate surface area is 179 Å². The molecule has 2 aromatic heterocycles. The molecule has 0 fully saturated rings. The van der Waals surface area contributed by atoms with Crippen LogP contribution in [0.15, 0.2) is 73.1 Å². The number of hydrogen-bond acceptors (Lipinski definition) is 5. The predicted octanol–water partition coefficient (Wildman–Crippen LogP) is 4.29. The number of carbonyl (C=O) groups excluding carboxylic acids is 2. The lowest BCUT2D eigenvalue weighted by molar-refractivity contribution is 0.0961. The quantitative estimate of drug-likeness (QED) is 0.455. The molecule has 0 aliphatic heterocycles. The largest absolute Gasteiger partial charge is 0.355 e. The van der Waals surface area contributed by atoms with Crippen LogP contribution < -0.4 is 16.0 Å². The number of carbonyl (C=O) groups is 2. The number of nitrogens with one attached hydrogen (secondary N) is 3. The third-order valence-electron chi connectivity index (χ3n) is 4.92. The maximum absolute atomic E-state index is 13.2. The van der Waals surface area contributed by atoms with Crippen molar-refractivity contribution in [2.24, 2.45) is 0 Å². The minimum absolute atomic E-state index is 0.292. The summed E-state index contributed by atoms with van der Waals surface area (Å²) in [6.07, 6.45) is 3.07. The van der Waals surface area contributed by atoms with Gasteiger partial charge in [-0.25, -0.2) is 4.98 Å². The van der Waals surface area contributed by atoms with Crippen LogP contribution in [0.3, 0.4) is 0 Å². The van der Waals surface area contributed by atoms with Gasteiger partial charge < -0.3 is 16.0 Å². The van der Waals surface area contributed by atoms with Crippen LogP contribution in [0.25, 0.3) is 10.9 Å². The molecule has 154 valence electrons. The highest BCUT2D eigenvalue weighted by Gasteiger charge is 2.16. The molecule has 0 bridgehead atoms. The number of nitrogens with zero attached hydrogens (tertiary/aromatic N) is 2. The van der Waals surface area contributed by atoms with Gasteiger partial charge >= 0.3 is 0 Å². The summed E-state index contributed by atoms with van der Waals surface area (Å²) < 4.78 is 0. The first-order valence-corrected chi connectivity index (χ1v) is 9.76. The molecule has 7 heteroatoms. The number of fused-ring (bicyclic) bond motifs is 1. The fraction of sp³-hybridized carbons (Fsp3) is 0.0833. The van der Waals surface area contributed by atoms with Crippen LogP contribution >= 0.6 is 0 Å². The van der Waals surface area contributed by atoms with Gasteiger partial charge in [-0.3, -0.25) is 14.6 Å². The number of benzene rings is 2. The first kappa shape index (κ1) is 20.0. The maximum Gasteiger partial charge on any atom is 0.256 e. The molecule has 2 heterocycles. The second-order valence-electron chi connectivity index (χ2n) is 6.97. The van der Waals surface area contributed by atoms with Crippen LogP contribution in [0.1, 0.15) is 26.3 Å². The van der Waals surface area contributed by atoms with Crippen LogP contribution in [0, 0.1) is 6.92 Å². The van der Waals surface area contributed by atoms with Gasteiger partial charge in [-0.15, -0.1) is 0 Å². The van der Waals surface area contributed by atoms with E-state index in [2.05, 4.69) is 25.9 Å². The first-order chi connectivity index (χ1) is 15.1. The van der Waals surface area contributed by atoms with Crippen LogP contribution in [0.5, 0.6) is 0 Å². The minimum Gasteiger partial charge on any atom is -0.355 e. The number of pyridine rings is 2. The summed E-state index contributed by atoms with van der Waals surface area (Å²) >= 11 is 0. The summed E-state index contributed by atoms with van der Waals surface area (Å²) in [5.41, 5.74) is 3.83. The van der Waals surface area contributed by atoms with E-state index >= 15 is 0 Å². The Kier molecular flexibility index (Phi) is 5.57. The second-order valence-corrected chi connectivity index (χ2v) is 6.97. The predicted molar refractivity (Wildman–Crippen MR) is 122 cm³/mol. The normalized spacial score (nSPS) is 10.5. The average molecular weight is 411 g/mol. The van der Waals surface area contributed by atoms with E-state index in [1.165, 1.54) is 6.20 Å². The summed E-state index contributed by atoms with van der Waals surface area (Å²) in [7, 11) is 1.54. The van der Waals surface area contributed by atoms with Crippen LogP contribution in [0.2, 0.25) is 0 Å². The lowest BCUT2D eigenvalue weighted by atomic mass is 10.1. The van der Waals surface area contributed by atoms with Crippen molar-refractivity contribution in [3.63, 3.8) is 0 Å². The highest BCUT2D eigenvalue weighted by molar-refractivity contribution is 6.13. The molecule has 0 aliphatic carbocycles. The van der Waals surface area contributed by atoms with Crippen molar-refractivity contribution >= 4 is 39.9 Å². The standard InChI is InChI=1S/C24H21N5O2/c1-15-7-3-5-9-19(15)28-22-21(13-16(14-27-22)23(30)25-2)29-24(31)18-11-12-26-20-10-6-4-8-17(18)20/h3-14H,1-2H3,(H,25,30)(H,27,28)(H,29,31). The first-order valence-electron chi connectivity index (χ1n) is 9.76. The fourth-order valence-electron chi connectivity index (χ4n) is 3.25. The summed E-state index contributed by atoms with van der Waals surface area (Å²) in [6.45, 7) is 1.97. The van der Waals surface area contributed by atoms with E-state index in [1.807, 2.05) is 55.5 Å². The molecule has 0 aliphatic rings. The Morgan fingerprint density at radius 2 is 1.65 bits per heavy atom. The third-order valence-corrected chi connectivity index (χ3v) is 4.92. The second kappa shape index (κ2) is 8.62. The summed E-state index contributed by atoms with van der Waals surface area (Å²) in [5.74, 6) is -0.171. The van der Waals surface area contributed by atoms with E-state index in [4.69, 9.17) is 0 Å². The Morgan fingerprint density at radius 3 is 2.45 bits per heavy atom. The Hall–Kier alpha value is -4.26. The number of aryl methyl sites for hydroxylation is 1. The maximum atomic E-state index is 13.2. The highest BCUT2D eigenvalue weighted by Crippen LogP contribution is 2.27. The van der Waals surface area contributed by atoms with Gasteiger partial charge in [0.2, 0.25) is 0 Å². The zero-order chi connectivity index (χ0) is 21.8. The Morgan fingerprint density at radius 1 is 0.871 bits per heavy atom. The number of rotatable bonds is 5. The molecule has 0 atom stereocenters. The van der Waals surface area contributed by atoms with Crippen molar-refractivity contribution in [2.75, 3.05) is 17.7 Å². The van der Waals surface area contributed by atoms with E-state index in [0.29, 0.717) is 22.6 Å². The molecule has 0 saturated heterocycles. The van der Waals surface area contributed by atoms with Gasteiger partial charge in [-0.1, -0.05) is 36.4 Å². The molecule has 0 unspecified atom stereocenters. The van der Waals surface area contributed by atoms with E-state index in [9.17, 15) is 9.59 Å². The van der Waals surface area contributed by atoms with E-state index in [1.54, 1.807) is 25.4 Å². The Balaban J connectivity index is 1.73. The molecule has 0 saturated carbocycles. The monoisotopic (exact) mass is 411 g/mol. The number of hydrogen-bond donors (Lipinski definition) is 3. The van der Waals surface area contributed by atoms with Gasteiger partial charge in [-0.2, -0.15) is 0 Å². The molecular formula is C24H21N5O2. The van der Waals surface area contributed by atoms with Gasteiger partial charge in [0, 0.05) is 30.5 Å². The zero-order valence-corrected chi connectivity index (χ0v) is 17.1. The van der Waals surface area contributed by atoms with Crippen molar-refractivity contribution in [1.29, 1.82) is 0 Å². The molecule has 0 radical (unpaired) electrons. The topological polar surface area (TPSA) is 96.0 Å². The van der Waals surface area contributed by atoms with Crippen molar-refractivity contribution in [3.8, 4) is 0 Å². The SMILES string of the molecule is CNC(=O)c1cnc(Nc2ccccc2C)c(NC(=O)c2ccnc3ccccc23)c1. The van der Waals surface area contributed by atoms with Crippen LogP contribution in [-0.2, 0) is 0 Å². The van der Waals surface area contributed by atoms with Crippen molar-refractivity contribution < 1.29 is 9.59 Å². The van der Waals surface area contributed by atoms with Crippen molar-refractivity contribution in [3.05, 3.63) is 89.7 Å². The van der Waals surface area contributed by atoms with Crippen LogP contribution in [-0.4, -0.2) is 28.8 Å². The number of aromatic nitrogens is 2. The molecule has 31 heavy (non-hydrogen) atoms. The summed E-state index contributed by atoms with van der Waals surface area (Å²) in [4.78, 5) is 34.0. The van der Waals surface area contributed by atoms with Gasteiger partial charge in [0.1, 0.15) is 0 Å². The number of amides is 2. The molecule has 4 aromatic rings. The van der Waals surface area contributed by atoms with E-state index in [0.717, 1.165) is 22.2 Å². The molecule has 2 aromatic carbocycles. The van der Waals surface area contributed by atoms with Gasteiger partial charge in [-0.05, 0) is 36.8 Å². The van der Waals surface area contributed by atoms with E-state index in [-0.39, 0.29) is 11.8 Å². The van der Waals surface area contributed by atoms with Gasteiger partial charge in [0.25, 0.3) is 11.8 Å². The molecule has 2 amide bonds. The zero-order valence-electron chi connectivity index (χ0n) is 17.1. The molecule has 3 N–H and O–H groups in total. The van der Waals surface area contributed by atoms with Crippen molar-refractivity contribution in [1.82, 2.24) is 15.3 Å². The summed E-state index contributed by atoms with van der Waals surface area (Å²) in [6, 6.07) is 18.5. The molecule has 7 nitrogen and oxygen atoms in total. The Bertz CT molecular complexity index is 1280. The van der Waals surface area contributed by atoms with Crippen LogP contribution in [0.4, 0.5) is 17.2 Å². The van der Waals surface area contributed by atoms with E-state index < -0.39 is 0 Å². The lowest BCUT2D eigenvalue weighted by Crippen LogP contribution is -2.20. The lowest BCUT2D eigenvalue weighted by Gasteiger charge is -2.15. The minimum atomic E-state index is -0.317. The average Bonchev–Trinajstić information content (AvgIpc) is 2.80. The molecule has 4 rings (SSSR count). The van der Waals surface area contributed by atoms with Gasteiger partial charge in [0.15, 0.2) is 5.82 Å². The molecular weight excluding hydrogens is 390 g/mol.